The Morgan fingerprint density at radius 3 is 2.65 bits per heavy atom. The molecular formula is C16H17N3O4. The summed E-state index contributed by atoms with van der Waals surface area (Å²) in [6.07, 6.45) is 1.39. The molecule has 3 rings (SSSR count). The minimum absolute atomic E-state index is 0.0564. The third-order valence-corrected chi connectivity index (χ3v) is 3.71. The van der Waals surface area contributed by atoms with Gasteiger partial charge in [0.05, 0.1) is 17.5 Å². The van der Waals surface area contributed by atoms with E-state index >= 15 is 0 Å². The maximum Gasteiger partial charge on any atom is 0.337 e. The number of nitrogens with one attached hydrogen (secondary N) is 2. The van der Waals surface area contributed by atoms with Crippen molar-refractivity contribution < 1.29 is 19.1 Å². The van der Waals surface area contributed by atoms with Crippen LogP contribution in [0.2, 0.25) is 0 Å². The molecule has 1 aromatic carbocycles. The molecule has 23 heavy (non-hydrogen) atoms. The monoisotopic (exact) mass is 315 g/mol. The highest BCUT2D eigenvalue weighted by molar-refractivity contribution is 6.06. The van der Waals surface area contributed by atoms with Crippen LogP contribution in [0, 0.1) is 0 Å². The van der Waals surface area contributed by atoms with Crippen molar-refractivity contribution in [2.75, 3.05) is 36.4 Å². The normalized spacial score (nSPS) is 14.5. The lowest BCUT2D eigenvalue weighted by molar-refractivity contribution is 0.0698. The molecule has 0 unspecified atom stereocenters. The molecular weight excluding hydrogens is 298 g/mol. The number of aromatic carboxylic acids is 1. The van der Waals surface area contributed by atoms with Crippen LogP contribution in [0.25, 0.3) is 0 Å². The van der Waals surface area contributed by atoms with Gasteiger partial charge in [-0.3, -0.25) is 4.79 Å². The van der Waals surface area contributed by atoms with Crippen molar-refractivity contribution in [1.82, 2.24) is 5.32 Å². The number of benzene rings is 1. The second-order valence-electron chi connectivity index (χ2n) is 5.20. The smallest absolute Gasteiger partial charge is 0.337 e. The van der Waals surface area contributed by atoms with Gasteiger partial charge in [0.1, 0.15) is 0 Å². The molecule has 7 nitrogen and oxygen atoms in total. The third-order valence-electron chi connectivity index (χ3n) is 3.71. The zero-order valence-corrected chi connectivity index (χ0v) is 12.4. The Morgan fingerprint density at radius 2 is 2.00 bits per heavy atom. The van der Waals surface area contributed by atoms with Gasteiger partial charge >= 0.3 is 5.97 Å². The van der Waals surface area contributed by atoms with E-state index < -0.39 is 11.9 Å². The molecule has 2 aromatic rings. The number of rotatable bonds is 4. The summed E-state index contributed by atoms with van der Waals surface area (Å²) in [7, 11) is 0. The number of hydrogen-bond donors (Lipinski definition) is 3. The van der Waals surface area contributed by atoms with E-state index in [0.717, 1.165) is 31.9 Å². The molecule has 1 saturated heterocycles. The second kappa shape index (κ2) is 6.53. The fourth-order valence-electron chi connectivity index (χ4n) is 2.53. The zero-order valence-electron chi connectivity index (χ0n) is 12.4. The van der Waals surface area contributed by atoms with Crippen molar-refractivity contribution in [2.45, 2.75) is 0 Å². The summed E-state index contributed by atoms with van der Waals surface area (Å²) in [5.41, 5.74) is 1.14. The highest BCUT2D eigenvalue weighted by Gasteiger charge is 2.18. The molecule has 0 bridgehead atoms. The summed E-state index contributed by atoms with van der Waals surface area (Å²) < 4.78 is 5.01. The number of anilines is 2. The molecule has 1 aliphatic heterocycles. The number of carboxylic acids is 1. The van der Waals surface area contributed by atoms with Gasteiger partial charge in [0, 0.05) is 31.9 Å². The first-order valence-electron chi connectivity index (χ1n) is 7.33. The van der Waals surface area contributed by atoms with Gasteiger partial charge in [0.25, 0.3) is 5.91 Å². The van der Waals surface area contributed by atoms with Gasteiger partial charge in [-0.1, -0.05) is 0 Å². The maximum atomic E-state index is 12.0. The molecule has 1 fully saturated rings. The van der Waals surface area contributed by atoms with E-state index in [9.17, 15) is 14.7 Å². The molecule has 1 aromatic heterocycles. The SMILES string of the molecule is O=C(Nc1ccc(N2CCNCC2)cc1C(=O)O)c1ccco1. The average molecular weight is 315 g/mol. The lowest BCUT2D eigenvalue weighted by atomic mass is 10.1. The fraction of sp³-hybridized carbons (Fsp3) is 0.250. The van der Waals surface area contributed by atoms with Crippen LogP contribution in [0.4, 0.5) is 11.4 Å². The number of carbonyl (C=O) groups is 2. The quantitative estimate of drug-likeness (QED) is 0.794. The Bertz CT molecular complexity index is 706. The van der Waals surface area contributed by atoms with E-state index in [1.165, 1.54) is 12.3 Å². The Kier molecular flexibility index (Phi) is 4.29. The number of furan rings is 1. The summed E-state index contributed by atoms with van der Waals surface area (Å²) in [5.74, 6) is -1.43. The number of hydrogen-bond acceptors (Lipinski definition) is 5. The summed E-state index contributed by atoms with van der Waals surface area (Å²) in [6, 6.07) is 8.13. The van der Waals surface area contributed by atoms with Crippen molar-refractivity contribution in [1.29, 1.82) is 0 Å². The van der Waals surface area contributed by atoms with E-state index in [1.807, 2.05) is 6.07 Å². The van der Waals surface area contributed by atoms with Crippen molar-refractivity contribution in [3.05, 3.63) is 47.9 Å². The first kappa shape index (κ1) is 15.1. The average Bonchev–Trinajstić information content (AvgIpc) is 3.10. The Balaban J connectivity index is 1.85. The summed E-state index contributed by atoms with van der Waals surface area (Å²) in [6.45, 7) is 3.35. The summed E-state index contributed by atoms with van der Waals surface area (Å²) in [5, 5.41) is 15.3. The molecule has 0 aliphatic carbocycles. The van der Waals surface area contributed by atoms with Crippen LogP contribution < -0.4 is 15.5 Å². The molecule has 1 aliphatic rings. The van der Waals surface area contributed by atoms with Crippen LogP contribution >= 0.6 is 0 Å². The molecule has 7 heteroatoms. The van der Waals surface area contributed by atoms with Crippen LogP contribution in [0.3, 0.4) is 0 Å². The van der Waals surface area contributed by atoms with Gasteiger partial charge in [-0.25, -0.2) is 4.79 Å². The van der Waals surface area contributed by atoms with E-state index in [1.54, 1.807) is 18.2 Å². The lowest BCUT2D eigenvalue weighted by Gasteiger charge is -2.29. The number of piperazine rings is 1. The van der Waals surface area contributed by atoms with E-state index in [0.29, 0.717) is 0 Å². The van der Waals surface area contributed by atoms with Crippen LogP contribution in [0.1, 0.15) is 20.9 Å². The number of carboxylic acid groups (broad SMARTS) is 1. The molecule has 3 N–H and O–H groups in total. The lowest BCUT2D eigenvalue weighted by Crippen LogP contribution is -2.43. The first-order chi connectivity index (χ1) is 11.1. The molecule has 1 amide bonds. The Labute approximate surface area is 132 Å². The molecule has 0 atom stereocenters. The van der Waals surface area contributed by atoms with Crippen LogP contribution in [0.5, 0.6) is 0 Å². The van der Waals surface area contributed by atoms with Crippen molar-refractivity contribution in [2.24, 2.45) is 0 Å². The summed E-state index contributed by atoms with van der Waals surface area (Å²) >= 11 is 0. The number of carbonyl (C=O) groups excluding carboxylic acids is 1. The largest absolute Gasteiger partial charge is 0.478 e. The molecule has 0 radical (unpaired) electrons. The van der Waals surface area contributed by atoms with Crippen LogP contribution in [0.15, 0.2) is 41.0 Å². The van der Waals surface area contributed by atoms with Crippen molar-refractivity contribution in [3.63, 3.8) is 0 Å². The maximum absolute atomic E-state index is 12.0. The summed E-state index contributed by atoms with van der Waals surface area (Å²) in [4.78, 5) is 25.7. The van der Waals surface area contributed by atoms with Gasteiger partial charge in [0.15, 0.2) is 5.76 Å². The number of nitrogens with zero attached hydrogens (tertiary/aromatic N) is 1. The Hall–Kier alpha value is -2.80. The first-order valence-corrected chi connectivity index (χ1v) is 7.33. The van der Waals surface area contributed by atoms with Crippen LogP contribution in [-0.2, 0) is 0 Å². The third kappa shape index (κ3) is 3.35. The topological polar surface area (TPSA) is 94.8 Å². The van der Waals surface area contributed by atoms with E-state index in [-0.39, 0.29) is 17.0 Å². The van der Waals surface area contributed by atoms with Gasteiger partial charge in [-0.15, -0.1) is 0 Å². The molecule has 0 spiro atoms. The van der Waals surface area contributed by atoms with E-state index in [4.69, 9.17) is 4.42 Å². The molecule has 0 saturated carbocycles. The fourth-order valence-corrected chi connectivity index (χ4v) is 2.53. The second-order valence-corrected chi connectivity index (χ2v) is 5.20. The van der Waals surface area contributed by atoms with Gasteiger partial charge in [0.2, 0.25) is 0 Å². The van der Waals surface area contributed by atoms with Crippen LogP contribution in [-0.4, -0.2) is 43.2 Å². The minimum atomic E-state index is -1.09. The molecule has 120 valence electrons. The minimum Gasteiger partial charge on any atom is -0.478 e. The van der Waals surface area contributed by atoms with Crippen molar-refractivity contribution >= 4 is 23.3 Å². The zero-order chi connectivity index (χ0) is 16.2. The predicted octanol–water partition coefficient (Wildman–Crippen LogP) is 1.64. The van der Waals surface area contributed by atoms with Gasteiger partial charge < -0.3 is 25.1 Å². The number of amides is 1. The highest BCUT2D eigenvalue weighted by atomic mass is 16.4. The standard InChI is InChI=1S/C16H17N3O4/c20-15(14-2-1-9-23-14)18-13-4-3-11(10-12(13)16(21)22)19-7-5-17-6-8-19/h1-4,9-10,17H,5-8H2,(H,18,20)(H,21,22). The van der Waals surface area contributed by atoms with E-state index in [2.05, 4.69) is 15.5 Å². The van der Waals surface area contributed by atoms with Crippen molar-refractivity contribution in [3.8, 4) is 0 Å². The Morgan fingerprint density at radius 1 is 1.22 bits per heavy atom. The molecule has 2 heterocycles. The van der Waals surface area contributed by atoms with Gasteiger partial charge in [-0.2, -0.15) is 0 Å². The van der Waals surface area contributed by atoms with Gasteiger partial charge in [-0.05, 0) is 30.3 Å². The highest BCUT2D eigenvalue weighted by Crippen LogP contribution is 2.24. The predicted molar refractivity (Wildman–Crippen MR) is 85.1 cm³/mol.